The largest absolute Gasteiger partial charge is 0.316 e. The first-order valence-corrected chi connectivity index (χ1v) is 5.04. The van der Waals surface area contributed by atoms with Gasteiger partial charge in [-0.25, -0.2) is 0 Å². The normalized spacial score (nSPS) is 10.7. The molecule has 0 heterocycles. The monoisotopic (exact) mass is 169 g/mol. The third kappa shape index (κ3) is 7.80. The summed E-state index contributed by atoms with van der Waals surface area (Å²) in [4.78, 5) is 0. The van der Waals surface area contributed by atoms with Gasteiger partial charge in [0.2, 0.25) is 0 Å². The second kappa shape index (κ2) is 7.35. The molecule has 72 valence electrons. The molecular weight excluding hydrogens is 146 g/mol. The molecule has 0 bridgehead atoms. The Kier molecular flexibility index (Phi) is 7.17. The summed E-state index contributed by atoms with van der Waals surface area (Å²) in [6.07, 6.45) is 3.55. The summed E-state index contributed by atoms with van der Waals surface area (Å²) in [6.45, 7) is 12.9. The van der Waals surface area contributed by atoms with Crippen LogP contribution in [0.5, 0.6) is 0 Å². The van der Waals surface area contributed by atoms with Crippen molar-refractivity contribution in [1.82, 2.24) is 5.32 Å². The zero-order valence-corrected chi connectivity index (χ0v) is 8.82. The zero-order chi connectivity index (χ0) is 9.40. The van der Waals surface area contributed by atoms with Gasteiger partial charge in [-0.3, -0.25) is 0 Å². The smallest absolute Gasteiger partial charge is 0.00258 e. The van der Waals surface area contributed by atoms with Gasteiger partial charge in [0.15, 0.2) is 0 Å². The van der Waals surface area contributed by atoms with Crippen molar-refractivity contribution in [3.05, 3.63) is 12.2 Å². The summed E-state index contributed by atoms with van der Waals surface area (Å²) in [5.41, 5.74) is 1.38. The van der Waals surface area contributed by atoms with Crippen molar-refractivity contribution in [1.29, 1.82) is 0 Å². The Morgan fingerprint density at radius 2 is 2.08 bits per heavy atom. The molecule has 0 fully saturated rings. The molecular formula is C11H23N. The standard InChI is InChI=1S/C11H23N/c1-5-11(4)7-6-8-12-9-10(2)3/h10,12H,4-9H2,1-3H3. The lowest BCUT2D eigenvalue weighted by atomic mass is 10.1. The van der Waals surface area contributed by atoms with Crippen molar-refractivity contribution in [3.8, 4) is 0 Å². The first-order valence-electron chi connectivity index (χ1n) is 5.04. The molecule has 0 aromatic carbocycles. The second-order valence-corrected chi connectivity index (χ2v) is 3.81. The third-order valence-corrected chi connectivity index (χ3v) is 1.94. The van der Waals surface area contributed by atoms with Gasteiger partial charge < -0.3 is 5.32 Å². The van der Waals surface area contributed by atoms with E-state index in [-0.39, 0.29) is 0 Å². The molecule has 1 nitrogen and oxygen atoms in total. The molecule has 0 unspecified atom stereocenters. The van der Waals surface area contributed by atoms with Crippen LogP contribution in [0, 0.1) is 5.92 Å². The Bertz CT molecular complexity index is 116. The van der Waals surface area contributed by atoms with Crippen molar-refractivity contribution in [2.45, 2.75) is 40.0 Å². The predicted molar refractivity (Wildman–Crippen MR) is 56.4 cm³/mol. The number of hydrogen-bond acceptors (Lipinski definition) is 1. The fourth-order valence-electron chi connectivity index (χ4n) is 1.03. The van der Waals surface area contributed by atoms with E-state index in [1.807, 2.05) is 0 Å². The summed E-state index contributed by atoms with van der Waals surface area (Å²) in [6, 6.07) is 0. The maximum absolute atomic E-state index is 3.98. The molecule has 0 aromatic heterocycles. The molecule has 0 saturated carbocycles. The molecule has 0 amide bonds. The molecule has 0 atom stereocenters. The summed E-state index contributed by atoms with van der Waals surface area (Å²) >= 11 is 0. The molecule has 0 aliphatic rings. The van der Waals surface area contributed by atoms with Gasteiger partial charge in [-0.2, -0.15) is 0 Å². The molecule has 0 spiro atoms. The van der Waals surface area contributed by atoms with Crippen molar-refractivity contribution in [2.75, 3.05) is 13.1 Å². The lowest BCUT2D eigenvalue weighted by molar-refractivity contribution is 0.542. The number of rotatable bonds is 7. The van der Waals surface area contributed by atoms with Crippen LogP contribution >= 0.6 is 0 Å². The van der Waals surface area contributed by atoms with Gasteiger partial charge >= 0.3 is 0 Å². The van der Waals surface area contributed by atoms with Gasteiger partial charge in [-0.1, -0.05) is 32.9 Å². The van der Waals surface area contributed by atoms with Crippen molar-refractivity contribution in [3.63, 3.8) is 0 Å². The van der Waals surface area contributed by atoms with Gasteiger partial charge in [0.1, 0.15) is 0 Å². The Morgan fingerprint density at radius 3 is 2.58 bits per heavy atom. The Morgan fingerprint density at radius 1 is 1.42 bits per heavy atom. The summed E-state index contributed by atoms with van der Waals surface area (Å²) < 4.78 is 0. The quantitative estimate of drug-likeness (QED) is 0.456. The highest BCUT2D eigenvalue weighted by Crippen LogP contribution is 2.04. The number of allylic oxidation sites excluding steroid dienone is 1. The van der Waals surface area contributed by atoms with Crippen molar-refractivity contribution >= 4 is 0 Å². The highest BCUT2D eigenvalue weighted by molar-refractivity contribution is 4.91. The van der Waals surface area contributed by atoms with Crippen LogP contribution in [0.1, 0.15) is 40.0 Å². The molecule has 0 saturated heterocycles. The molecule has 0 aliphatic heterocycles. The molecule has 0 aromatic rings. The first-order chi connectivity index (χ1) is 5.66. The van der Waals surface area contributed by atoms with E-state index in [4.69, 9.17) is 0 Å². The maximum atomic E-state index is 3.98. The van der Waals surface area contributed by atoms with E-state index in [1.165, 1.54) is 18.4 Å². The van der Waals surface area contributed by atoms with E-state index < -0.39 is 0 Å². The molecule has 0 rings (SSSR count). The van der Waals surface area contributed by atoms with Gasteiger partial charge in [-0.05, 0) is 38.3 Å². The topological polar surface area (TPSA) is 12.0 Å². The van der Waals surface area contributed by atoms with Crippen LogP contribution in [0.4, 0.5) is 0 Å². The molecule has 1 N–H and O–H groups in total. The lowest BCUT2D eigenvalue weighted by Gasteiger charge is -2.07. The molecule has 0 radical (unpaired) electrons. The summed E-state index contributed by atoms with van der Waals surface area (Å²) in [5, 5.41) is 3.42. The van der Waals surface area contributed by atoms with Crippen LogP contribution in [0.3, 0.4) is 0 Å². The Labute approximate surface area is 77.2 Å². The fraction of sp³-hybridized carbons (Fsp3) is 0.818. The third-order valence-electron chi connectivity index (χ3n) is 1.94. The van der Waals surface area contributed by atoms with E-state index in [9.17, 15) is 0 Å². The van der Waals surface area contributed by atoms with E-state index >= 15 is 0 Å². The Balaban J connectivity index is 3.05. The highest BCUT2D eigenvalue weighted by atomic mass is 14.8. The average Bonchev–Trinajstić information content (AvgIpc) is 2.03. The molecule has 12 heavy (non-hydrogen) atoms. The second-order valence-electron chi connectivity index (χ2n) is 3.81. The summed E-state index contributed by atoms with van der Waals surface area (Å²) in [7, 11) is 0. The van der Waals surface area contributed by atoms with Gasteiger partial charge in [0.05, 0.1) is 0 Å². The SMILES string of the molecule is C=C(CC)CCCNCC(C)C. The Hall–Kier alpha value is -0.300. The van der Waals surface area contributed by atoms with Crippen LogP contribution in [-0.4, -0.2) is 13.1 Å². The van der Waals surface area contributed by atoms with E-state index in [0.717, 1.165) is 25.4 Å². The van der Waals surface area contributed by atoms with Crippen molar-refractivity contribution < 1.29 is 0 Å². The minimum absolute atomic E-state index is 0.763. The minimum Gasteiger partial charge on any atom is -0.316 e. The van der Waals surface area contributed by atoms with Gasteiger partial charge in [0, 0.05) is 0 Å². The highest BCUT2D eigenvalue weighted by Gasteiger charge is 1.93. The van der Waals surface area contributed by atoms with Crippen LogP contribution in [-0.2, 0) is 0 Å². The van der Waals surface area contributed by atoms with Crippen LogP contribution in [0.15, 0.2) is 12.2 Å². The lowest BCUT2D eigenvalue weighted by Crippen LogP contribution is -2.20. The van der Waals surface area contributed by atoms with Crippen LogP contribution in [0.2, 0.25) is 0 Å². The predicted octanol–water partition coefficient (Wildman–Crippen LogP) is 2.98. The number of nitrogens with one attached hydrogen (secondary N) is 1. The molecule has 1 heteroatoms. The van der Waals surface area contributed by atoms with Gasteiger partial charge in [0.25, 0.3) is 0 Å². The van der Waals surface area contributed by atoms with Gasteiger partial charge in [-0.15, -0.1) is 0 Å². The fourth-order valence-corrected chi connectivity index (χ4v) is 1.03. The van der Waals surface area contributed by atoms with E-state index in [0.29, 0.717) is 0 Å². The van der Waals surface area contributed by atoms with Crippen LogP contribution in [0.25, 0.3) is 0 Å². The van der Waals surface area contributed by atoms with Crippen molar-refractivity contribution in [2.24, 2.45) is 5.92 Å². The average molecular weight is 169 g/mol. The minimum atomic E-state index is 0.763. The van der Waals surface area contributed by atoms with Crippen LogP contribution < -0.4 is 5.32 Å². The van der Waals surface area contributed by atoms with E-state index in [1.54, 1.807) is 0 Å². The maximum Gasteiger partial charge on any atom is -0.00258 e. The first kappa shape index (κ1) is 11.7. The van der Waals surface area contributed by atoms with E-state index in [2.05, 4.69) is 32.7 Å². The molecule has 0 aliphatic carbocycles. The number of hydrogen-bond donors (Lipinski definition) is 1. The zero-order valence-electron chi connectivity index (χ0n) is 8.82. The summed E-state index contributed by atoms with van der Waals surface area (Å²) in [5.74, 6) is 0.763.